The van der Waals surface area contributed by atoms with Crippen LogP contribution in [-0.4, -0.2) is 14.8 Å². The number of nitrogens with zero attached hydrogens (tertiary/aromatic N) is 3. The zero-order chi connectivity index (χ0) is 11.7. The van der Waals surface area contributed by atoms with Crippen molar-refractivity contribution in [1.82, 2.24) is 14.8 Å². The maximum absolute atomic E-state index is 13.0. The van der Waals surface area contributed by atoms with E-state index in [4.69, 9.17) is 5.73 Å². The fourth-order valence-electron chi connectivity index (χ4n) is 1.47. The normalized spacial score (nSPS) is 10.8. The van der Waals surface area contributed by atoms with Gasteiger partial charge in [-0.2, -0.15) is 0 Å². The van der Waals surface area contributed by atoms with Crippen molar-refractivity contribution in [3.63, 3.8) is 0 Å². The number of hydrogen-bond acceptors (Lipinski definition) is 3. The van der Waals surface area contributed by atoms with E-state index >= 15 is 0 Å². The van der Waals surface area contributed by atoms with Gasteiger partial charge in [-0.25, -0.2) is 8.78 Å². The molecule has 0 spiro atoms. The van der Waals surface area contributed by atoms with E-state index < -0.39 is 11.6 Å². The summed E-state index contributed by atoms with van der Waals surface area (Å²) >= 11 is 0. The summed E-state index contributed by atoms with van der Waals surface area (Å²) in [5.74, 6) is -0.349. The van der Waals surface area contributed by atoms with Crippen LogP contribution in [0.2, 0.25) is 0 Å². The van der Waals surface area contributed by atoms with Gasteiger partial charge in [0.25, 0.3) is 0 Å². The van der Waals surface area contributed by atoms with Gasteiger partial charge in [-0.3, -0.25) is 0 Å². The molecule has 4 nitrogen and oxygen atoms in total. The molecule has 0 aliphatic rings. The fourth-order valence-corrected chi connectivity index (χ4v) is 1.47. The summed E-state index contributed by atoms with van der Waals surface area (Å²) in [7, 11) is 1.69. The molecule has 6 heteroatoms. The first kappa shape index (κ1) is 10.7. The molecule has 1 heterocycles. The summed E-state index contributed by atoms with van der Waals surface area (Å²) < 4.78 is 27.6. The van der Waals surface area contributed by atoms with Crippen molar-refractivity contribution in [3.8, 4) is 11.4 Å². The van der Waals surface area contributed by atoms with Crippen LogP contribution < -0.4 is 5.73 Å². The lowest BCUT2D eigenvalue weighted by Gasteiger charge is -2.03. The number of halogens is 2. The average molecular weight is 224 g/mol. The molecule has 2 aromatic rings. The average Bonchev–Trinajstić information content (AvgIpc) is 2.58. The molecule has 0 bridgehead atoms. The molecule has 1 aromatic carbocycles. The first-order valence-electron chi connectivity index (χ1n) is 4.66. The van der Waals surface area contributed by atoms with Crippen LogP contribution in [0.25, 0.3) is 11.4 Å². The summed E-state index contributed by atoms with van der Waals surface area (Å²) in [6.45, 7) is 0.224. The Labute approximate surface area is 90.7 Å². The van der Waals surface area contributed by atoms with Crippen LogP contribution in [0.5, 0.6) is 0 Å². The number of aromatic nitrogens is 3. The Morgan fingerprint density at radius 3 is 2.31 bits per heavy atom. The van der Waals surface area contributed by atoms with E-state index in [0.717, 1.165) is 6.07 Å². The van der Waals surface area contributed by atoms with Crippen molar-refractivity contribution < 1.29 is 8.78 Å². The van der Waals surface area contributed by atoms with Gasteiger partial charge in [0.2, 0.25) is 0 Å². The lowest BCUT2D eigenvalue weighted by molar-refractivity contribution is 0.583. The van der Waals surface area contributed by atoms with E-state index in [1.54, 1.807) is 11.6 Å². The molecule has 0 unspecified atom stereocenters. The first-order chi connectivity index (χ1) is 7.61. The minimum absolute atomic E-state index is 0.224. The van der Waals surface area contributed by atoms with Crippen LogP contribution in [0.1, 0.15) is 5.82 Å². The highest BCUT2D eigenvalue weighted by Gasteiger charge is 2.11. The lowest BCUT2D eigenvalue weighted by atomic mass is 10.2. The molecule has 0 fully saturated rings. The zero-order valence-corrected chi connectivity index (χ0v) is 8.61. The van der Waals surface area contributed by atoms with E-state index in [0.29, 0.717) is 17.2 Å². The molecule has 0 saturated carbocycles. The Bertz CT molecular complexity index is 501. The third-order valence-electron chi connectivity index (χ3n) is 2.27. The quantitative estimate of drug-likeness (QED) is 0.834. The molecule has 0 amide bonds. The van der Waals surface area contributed by atoms with Crippen molar-refractivity contribution in [1.29, 1.82) is 0 Å². The molecule has 2 N–H and O–H groups in total. The molecule has 0 radical (unpaired) electrons. The topological polar surface area (TPSA) is 56.7 Å². The largest absolute Gasteiger partial charge is 0.324 e. The van der Waals surface area contributed by atoms with Crippen molar-refractivity contribution in [2.45, 2.75) is 6.54 Å². The number of rotatable bonds is 2. The molecule has 84 valence electrons. The van der Waals surface area contributed by atoms with E-state index in [9.17, 15) is 8.78 Å². The third kappa shape index (κ3) is 1.79. The predicted octanol–water partition coefficient (Wildman–Crippen LogP) is 1.22. The van der Waals surface area contributed by atoms with Gasteiger partial charge < -0.3 is 10.3 Å². The van der Waals surface area contributed by atoms with Gasteiger partial charge in [-0.1, -0.05) is 0 Å². The Balaban J connectivity index is 2.54. The molecular weight excluding hydrogens is 214 g/mol. The van der Waals surface area contributed by atoms with Gasteiger partial charge in [-0.15, -0.1) is 10.2 Å². The first-order valence-corrected chi connectivity index (χ1v) is 4.66. The zero-order valence-electron chi connectivity index (χ0n) is 8.61. The number of benzene rings is 1. The Kier molecular flexibility index (Phi) is 2.66. The summed E-state index contributed by atoms with van der Waals surface area (Å²) in [5, 5.41) is 7.65. The Hall–Kier alpha value is -1.82. The molecule has 16 heavy (non-hydrogen) atoms. The lowest BCUT2D eigenvalue weighted by Crippen LogP contribution is -2.05. The second-order valence-corrected chi connectivity index (χ2v) is 3.36. The molecule has 0 aliphatic carbocycles. The van der Waals surface area contributed by atoms with Crippen molar-refractivity contribution in [2.24, 2.45) is 12.8 Å². The van der Waals surface area contributed by atoms with Crippen LogP contribution in [0, 0.1) is 11.6 Å². The maximum atomic E-state index is 13.0. The van der Waals surface area contributed by atoms with Crippen molar-refractivity contribution in [2.75, 3.05) is 0 Å². The maximum Gasteiger partial charge on any atom is 0.163 e. The van der Waals surface area contributed by atoms with Crippen molar-refractivity contribution >= 4 is 0 Å². The van der Waals surface area contributed by atoms with Crippen molar-refractivity contribution in [3.05, 3.63) is 35.7 Å². The van der Waals surface area contributed by atoms with Gasteiger partial charge in [0, 0.05) is 18.7 Å². The molecule has 1 aromatic heterocycles. The summed E-state index contributed by atoms with van der Waals surface area (Å²) in [4.78, 5) is 0. The van der Waals surface area contributed by atoms with Crippen LogP contribution in [-0.2, 0) is 13.6 Å². The molecule has 2 rings (SSSR count). The molecular formula is C10H10F2N4. The second-order valence-electron chi connectivity index (χ2n) is 3.36. The van der Waals surface area contributed by atoms with E-state index in [1.807, 2.05) is 0 Å². The fraction of sp³-hybridized carbons (Fsp3) is 0.200. The van der Waals surface area contributed by atoms with Crippen LogP contribution in [0.3, 0.4) is 0 Å². The minimum atomic E-state index is -0.646. The highest BCUT2D eigenvalue weighted by molar-refractivity contribution is 5.55. The van der Waals surface area contributed by atoms with Gasteiger partial charge in [0.1, 0.15) is 17.5 Å². The van der Waals surface area contributed by atoms with Gasteiger partial charge in [-0.05, 0) is 12.1 Å². The molecule has 0 atom stereocenters. The third-order valence-corrected chi connectivity index (χ3v) is 2.27. The van der Waals surface area contributed by atoms with Crippen LogP contribution in [0.4, 0.5) is 8.78 Å². The van der Waals surface area contributed by atoms with Gasteiger partial charge >= 0.3 is 0 Å². The van der Waals surface area contributed by atoms with Crippen LogP contribution in [0.15, 0.2) is 18.2 Å². The standard InChI is InChI=1S/C10H10F2N4/c1-16-9(5-13)14-15-10(16)6-2-7(11)4-8(12)3-6/h2-4H,5,13H2,1H3. The summed E-state index contributed by atoms with van der Waals surface area (Å²) in [6, 6.07) is 3.21. The second kappa shape index (κ2) is 3.97. The number of hydrogen-bond donors (Lipinski definition) is 1. The Morgan fingerprint density at radius 1 is 1.19 bits per heavy atom. The molecule has 0 saturated heterocycles. The van der Waals surface area contributed by atoms with E-state index in [2.05, 4.69) is 10.2 Å². The monoisotopic (exact) mass is 224 g/mol. The minimum Gasteiger partial charge on any atom is -0.324 e. The van der Waals surface area contributed by atoms with E-state index in [1.165, 1.54) is 12.1 Å². The summed E-state index contributed by atoms with van der Waals surface area (Å²) in [6.07, 6.45) is 0. The van der Waals surface area contributed by atoms with Gasteiger partial charge in [0.15, 0.2) is 5.82 Å². The predicted molar refractivity (Wildman–Crippen MR) is 54.2 cm³/mol. The smallest absolute Gasteiger partial charge is 0.163 e. The molecule has 0 aliphatic heterocycles. The Morgan fingerprint density at radius 2 is 1.81 bits per heavy atom. The highest BCUT2D eigenvalue weighted by Crippen LogP contribution is 2.19. The van der Waals surface area contributed by atoms with E-state index in [-0.39, 0.29) is 6.54 Å². The summed E-state index contributed by atoms with van der Waals surface area (Å²) in [5.41, 5.74) is 5.77. The SMILES string of the molecule is Cn1c(CN)nnc1-c1cc(F)cc(F)c1. The number of nitrogens with two attached hydrogens (primary N) is 1. The van der Waals surface area contributed by atoms with Gasteiger partial charge in [0.05, 0.1) is 6.54 Å². The highest BCUT2D eigenvalue weighted by atomic mass is 19.1. The van der Waals surface area contributed by atoms with Crippen LogP contribution >= 0.6 is 0 Å².